The van der Waals surface area contributed by atoms with Gasteiger partial charge in [0.2, 0.25) is 0 Å². The summed E-state index contributed by atoms with van der Waals surface area (Å²) >= 11 is 2.17. The zero-order chi connectivity index (χ0) is 14.4. The average Bonchev–Trinajstić information content (AvgIpc) is 2.65. The SMILES string of the molecule is CC(C)(C)C1CCc2c(S(=O)(=O)Cl)cn(SI)c2C1. The highest BCUT2D eigenvalue weighted by Crippen LogP contribution is 2.42. The Bertz CT molecular complexity index is 590. The van der Waals surface area contributed by atoms with Gasteiger partial charge < -0.3 is 0 Å². The molecule has 19 heavy (non-hydrogen) atoms. The summed E-state index contributed by atoms with van der Waals surface area (Å²) in [5.74, 6) is 0.572. The third-order valence-corrected chi connectivity index (χ3v) is 7.01. The first-order chi connectivity index (χ1) is 8.64. The third kappa shape index (κ3) is 3.27. The van der Waals surface area contributed by atoms with Crippen molar-refractivity contribution in [2.45, 2.75) is 44.9 Å². The Morgan fingerprint density at radius 3 is 2.58 bits per heavy atom. The van der Waals surface area contributed by atoms with Crippen LogP contribution in [0.4, 0.5) is 0 Å². The molecule has 108 valence electrons. The number of aromatic nitrogens is 1. The van der Waals surface area contributed by atoms with Crippen LogP contribution in [0.15, 0.2) is 11.1 Å². The molecule has 0 fully saturated rings. The molecular weight excluding hydrogens is 417 g/mol. The molecule has 0 aromatic carbocycles. The zero-order valence-corrected chi connectivity index (χ0v) is 15.7. The molecule has 0 amide bonds. The summed E-state index contributed by atoms with van der Waals surface area (Å²) in [6.45, 7) is 6.73. The lowest BCUT2D eigenvalue weighted by molar-refractivity contribution is 0.214. The van der Waals surface area contributed by atoms with Gasteiger partial charge in [0, 0.05) is 52.9 Å². The van der Waals surface area contributed by atoms with E-state index in [2.05, 4.69) is 42.0 Å². The Morgan fingerprint density at radius 2 is 2.11 bits per heavy atom. The van der Waals surface area contributed by atoms with Crippen LogP contribution in [0.25, 0.3) is 0 Å². The van der Waals surface area contributed by atoms with Gasteiger partial charge in [-0.15, -0.1) is 0 Å². The lowest BCUT2D eigenvalue weighted by Crippen LogP contribution is -2.27. The van der Waals surface area contributed by atoms with Crippen molar-refractivity contribution in [3.63, 3.8) is 0 Å². The predicted octanol–water partition coefficient (Wildman–Crippen LogP) is 4.41. The molecule has 0 saturated carbocycles. The minimum atomic E-state index is -3.65. The van der Waals surface area contributed by atoms with Crippen LogP contribution in [-0.4, -0.2) is 12.4 Å². The smallest absolute Gasteiger partial charge is 0.263 e. The monoisotopic (exact) mass is 433 g/mol. The second-order valence-electron chi connectivity index (χ2n) is 6.06. The second-order valence-corrected chi connectivity index (χ2v) is 10.3. The van der Waals surface area contributed by atoms with Crippen molar-refractivity contribution < 1.29 is 8.42 Å². The van der Waals surface area contributed by atoms with Crippen LogP contribution in [0.2, 0.25) is 0 Å². The van der Waals surface area contributed by atoms with Gasteiger partial charge in [0.05, 0.1) is 0 Å². The number of hydrogen-bond acceptors (Lipinski definition) is 3. The molecule has 1 aromatic heterocycles. The fourth-order valence-corrected chi connectivity index (χ4v) is 5.36. The minimum absolute atomic E-state index is 0.239. The standard InChI is InChI=1S/C12H17ClINO2S2/c1-12(2,3)8-4-5-9-10(6-8)15(18-14)7-11(9)19(13,16)17/h7-8H,4-6H2,1-3H3. The summed E-state index contributed by atoms with van der Waals surface area (Å²) in [7, 11) is 3.38. The highest BCUT2D eigenvalue weighted by atomic mass is 127. The van der Waals surface area contributed by atoms with E-state index in [1.54, 1.807) is 6.20 Å². The van der Waals surface area contributed by atoms with Crippen LogP contribution in [0.3, 0.4) is 0 Å². The molecule has 1 unspecified atom stereocenters. The minimum Gasteiger partial charge on any atom is -0.286 e. The van der Waals surface area contributed by atoms with E-state index in [0.29, 0.717) is 10.8 Å². The molecule has 0 spiro atoms. The van der Waals surface area contributed by atoms with Crippen molar-refractivity contribution in [3.05, 3.63) is 17.5 Å². The first-order valence-corrected chi connectivity index (χ1v) is 11.7. The number of nitrogens with zero attached hydrogens (tertiary/aromatic N) is 1. The van der Waals surface area contributed by atoms with Crippen LogP contribution >= 0.6 is 41.0 Å². The largest absolute Gasteiger partial charge is 0.286 e. The normalized spacial score (nSPS) is 20.4. The third-order valence-electron chi connectivity index (χ3n) is 3.89. The van der Waals surface area contributed by atoms with Gasteiger partial charge in [-0.05, 0) is 36.2 Å². The maximum absolute atomic E-state index is 11.7. The number of rotatable bonds is 2. The van der Waals surface area contributed by atoms with Gasteiger partial charge in [-0.3, -0.25) is 3.97 Å². The quantitative estimate of drug-likeness (QED) is 0.512. The molecule has 1 atom stereocenters. The highest BCUT2D eigenvalue weighted by Gasteiger charge is 2.34. The van der Waals surface area contributed by atoms with Crippen LogP contribution in [0.5, 0.6) is 0 Å². The lowest BCUT2D eigenvalue weighted by Gasteiger charge is -2.34. The van der Waals surface area contributed by atoms with E-state index in [1.807, 2.05) is 3.97 Å². The molecular formula is C12H17ClINO2S2. The Labute approximate surface area is 135 Å². The van der Waals surface area contributed by atoms with Crippen molar-refractivity contribution in [2.75, 3.05) is 0 Å². The Balaban J connectivity index is 2.48. The zero-order valence-electron chi connectivity index (χ0n) is 11.1. The summed E-state index contributed by atoms with van der Waals surface area (Å²) < 4.78 is 25.3. The topological polar surface area (TPSA) is 39.1 Å². The molecule has 0 bridgehead atoms. The predicted molar refractivity (Wildman–Crippen MR) is 89.4 cm³/mol. The first-order valence-electron chi connectivity index (χ1n) is 6.11. The first kappa shape index (κ1) is 16.0. The van der Waals surface area contributed by atoms with Gasteiger partial charge in [-0.2, -0.15) is 0 Å². The molecule has 7 heteroatoms. The number of halogens is 2. The summed E-state index contributed by atoms with van der Waals surface area (Å²) in [5, 5.41) is 0. The lowest BCUT2D eigenvalue weighted by atomic mass is 9.72. The van der Waals surface area contributed by atoms with Gasteiger partial charge in [0.1, 0.15) is 4.90 Å². The molecule has 0 saturated heterocycles. The van der Waals surface area contributed by atoms with Gasteiger partial charge in [-0.25, -0.2) is 8.42 Å². The van der Waals surface area contributed by atoms with Crippen molar-refractivity contribution in [2.24, 2.45) is 11.3 Å². The van der Waals surface area contributed by atoms with Crippen LogP contribution < -0.4 is 0 Å². The van der Waals surface area contributed by atoms with Crippen molar-refractivity contribution in [1.82, 2.24) is 3.97 Å². The van der Waals surface area contributed by atoms with Gasteiger partial charge >= 0.3 is 0 Å². The fraction of sp³-hybridized carbons (Fsp3) is 0.667. The van der Waals surface area contributed by atoms with Crippen LogP contribution in [0, 0.1) is 11.3 Å². The summed E-state index contributed by atoms with van der Waals surface area (Å²) in [5.41, 5.74) is 2.27. The van der Waals surface area contributed by atoms with Gasteiger partial charge in [-0.1, -0.05) is 20.8 Å². The molecule has 1 aromatic rings. The summed E-state index contributed by atoms with van der Waals surface area (Å²) in [6, 6.07) is 0. The molecule has 0 radical (unpaired) electrons. The molecule has 1 aliphatic rings. The average molecular weight is 434 g/mol. The van der Waals surface area contributed by atoms with Crippen LogP contribution in [0.1, 0.15) is 38.4 Å². The van der Waals surface area contributed by atoms with Crippen molar-refractivity contribution >= 4 is 50.1 Å². The van der Waals surface area contributed by atoms with E-state index in [-0.39, 0.29) is 5.41 Å². The summed E-state index contributed by atoms with van der Waals surface area (Å²) in [6.07, 6.45) is 4.39. The Kier molecular flexibility index (Phi) is 4.56. The Hall–Kier alpha value is 0.600. The second kappa shape index (κ2) is 5.42. The maximum Gasteiger partial charge on any atom is 0.263 e. The fourth-order valence-electron chi connectivity index (χ4n) is 2.68. The van der Waals surface area contributed by atoms with Crippen molar-refractivity contribution in [1.29, 1.82) is 0 Å². The van der Waals surface area contributed by atoms with E-state index in [1.165, 1.54) is 9.12 Å². The number of fused-ring (bicyclic) bond motifs is 1. The van der Waals surface area contributed by atoms with Crippen molar-refractivity contribution in [3.8, 4) is 0 Å². The molecule has 3 nitrogen and oxygen atoms in total. The van der Waals surface area contributed by atoms with E-state index in [4.69, 9.17) is 10.7 Å². The van der Waals surface area contributed by atoms with Gasteiger partial charge in [0.15, 0.2) is 0 Å². The highest BCUT2D eigenvalue weighted by molar-refractivity contribution is 14.2. The number of hydrogen-bond donors (Lipinski definition) is 0. The van der Waals surface area contributed by atoms with E-state index in [9.17, 15) is 8.42 Å². The molecule has 1 aliphatic carbocycles. The summed E-state index contributed by atoms with van der Waals surface area (Å²) in [4.78, 5) is 0.292. The molecule has 1 heterocycles. The Morgan fingerprint density at radius 1 is 1.47 bits per heavy atom. The van der Waals surface area contributed by atoms with Crippen LogP contribution in [-0.2, 0) is 21.9 Å². The van der Waals surface area contributed by atoms with E-state index >= 15 is 0 Å². The van der Waals surface area contributed by atoms with E-state index in [0.717, 1.165) is 30.5 Å². The molecule has 0 N–H and O–H groups in total. The molecule has 0 aliphatic heterocycles. The molecule has 2 rings (SSSR count). The maximum atomic E-state index is 11.7. The van der Waals surface area contributed by atoms with E-state index < -0.39 is 9.05 Å². The van der Waals surface area contributed by atoms with Gasteiger partial charge in [0.25, 0.3) is 9.05 Å².